The van der Waals surface area contributed by atoms with Crippen LogP contribution < -0.4 is 16.0 Å². The molecular formula is C17H27N3O3. The Morgan fingerprint density at radius 2 is 1.70 bits per heavy atom. The first kappa shape index (κ1) is 19.1. The van der Waals surface area contributed by atoms with Gasteiger partial charge in [0.1, 0.15) is 6.04 Å². The second-order valence-corrected chi connectivity index (χ2v) is 5.86. The SMILES string of the molecule is CN[C@H](C(=O)N[C@@H](C)C(=O)Nc1ccc(COC)cc1)C(C)C. The number of rotatable bonds is 8. The van der Waals surface area contributed by atoms with Gasteiger partial charge in [-0.05, 0) is 37.6 Å². The van der Waals surface area contributed by atoms with Crippen LogP contribution in [-0.4, -0.2) is 38.1 Å². The molecule has 2 atom stereocenters. The molecule has 0 aromatic heterocycles. The summed E-state index contributed by atoms with van der Waals surface area (Å²) in [4.78, 5) is 24.3. The number of ether oxygens (including phenoxy) is 1. The minimum Gasteiger partial charge on any atom is -0.380 e. The van der Waals surface area contributed by atoms with Gasteiger partial charge in [-0.15, -0.1) is 0 Å². The molecule has 1 aromatic rings. The van der Waals surface area contributed by atoms with Crippen LogP contribution in [0.2, 0.25) is 0 Å². The highest BCUT2D eigenvalue weighted by molar-refractivity contribution is 5.97. The number of anilines is 1. The summed E-state index contributed by atoms with van der Waals surface area (Å²) in [6.07, 6.45) is 0. The Labute approximate surface area is 138 Å². The average Bonchev–Trinajstić information content (AvgIpc) is 2.49. The molecule has 0 fully saturated rings. The van der Waals surface area contributed by atoms with Gasteiger partial charge in [0.2, 0.25) is 11.8 Å². The lowest BCUT2D eigenvalue weighted by Crippen LogP contribution is -2.51. The summed E-state index contributed by atoms with van der Waals surface area (Å²) in [6, 6.07) is 6.46. The fourth-order valence-corrected chi connectivity index (χ4v) is 2.24. The maximum Gasteiger partial charge on any atom is 0.246 e. The normalized spacial score (nSPS) is 13.5. The smallest absolute Gasteiger partial charge is 0.246 e. The number of nitrogens with one attached hydrogen (secondary N) is 3. The monoisotopic (exact) mass is 321 g/mol. The standard InChI is InChI=1S/C17H27N3O3/c1-11(2)15(18-4)17(22)19-12(3)16(21)20-14-8-6-13(7-9-14)10-23-5/h6-9,11-12,15,18H,10H2,1-5H3,(H,19,22)(H,20,21)/t12-,15-/m0/s1. The predicted molar refractivity (Wildman–Crippen MR) is 91.1 cm³/mol. The van der Waals surface area contributed by atoms with Gasteiger partial charge in [-0.3, -0.25) is 9.59 Å². The molecule has 128 valence electrons. The minimum atomic E-state index is -0.615. The maximum atomic E-state index is 12.2. The molecule has 0 bridgehead atoms. The minimum absolute atomic E-state index is 0.142. The van der Waals surface area contributed by atoms with Gasteiger partial charge < -0.3 is 20.7 Å². The van der Waals surface area contributed by atoms with Crippen molar-refractivity contribution in [2.45, 2.75) is 39.5 Å². The van der Waals surface area contributed by atoms with Crippen LogP contribution >= 0.6 is 0 Å². The van der Waals surface area contributed by atoms with Crippen molar-refractivity contribution in [1.29, 1.82) is 0 Å². The average molecular weight is 321 g/mol. The Bertz CT molecular complexity index is 514. The Kier molecular flexibility index (Phi) is 7.71. The molecule has 0 unspecified atom stereocenters. The molecule has 0 aliphatic carbocycles. The van der Waals surface area contributed by atoms with Crippen molar-refractivity contribution in [2.75, 3.05) is 19.5 Å². The maximum absolute atomic E-state index is 12.2. The molecule has 3 N–H and O–H groups in total. The van der Waals surface area contributed by atoms with Crippen molar-refractivity contribution in [3.8, 4) is 0 Å². The summed E-state index contributed by atoms with van der Waals surface area (Å²) in [7, 11) is 3.37. The van der Waals surface area contributed by atoms with Crippen LogP contribution in [0.3, 0.4) is 0 Å². The zero-order chi connectivity index (χ0) is 17.4. The molecule has 2 amide bonds. The molecule has 0 heterocycles. The van der Waals surface area contributed by atoms with E-state index in [1.807, 2.05) is 38.1 Å². The van der Waals surface area contributed by atoms with E-state index in [4.69, 9.17) is 4.74 Å². The van der Waals surface area contributed by atoms with Gasteiger partial charge in [0.25, 0.3) is 0 Å². The molecule has 6 nitrogen and oxygen atoms in total. The van der Waals surface area contributed by atoms with Crippen LogP contribution in [0.4, 0.5) is 5.69 Å². The predicted octanol–water partition coefficient (Wildman–Crippen LogP) is 1.52. The largest absolute Gasteiger partial charge is 0.380 e. The molecule has 0 saturated carbocycles. The van der Waals surface area contributed by atoms with E-state index < -0.39 is 6.04 Å². The zero-order valence-electron chi connectivity index (χ0n) is 14.5. The van der Waals surface area contributed by atoms with Crippen LogP contribution in [0.5, 0.6) is 0 Å². The number of carbonyl (C=O) groups excluding carboxylic acids is 2. The van der Waals surface area contributed by atoms with Gasteiger partial charge in [0, 0.05) is 12.8 Å². The second kappa shape index (κ2) is 9.27. The van der Waals surface area contributed by atoms with E-state index in [0.29, 0.717) is 12.3 Å². The Hall–Kier alpha value is -1.92. The molecule has 1 rings (SSSR count). The Balaban J connectivity index is 2.58. The third-order valence-corrected chi connectivity index (χ3v) is 3.54. The van der Waals surface area contributed by atoms with Gasteiger partial charge in [0.15, 0.2) is 0 Å². The van der Waals surface area contributed by atoms with Gasteiger partial charge in [-0.2, -0.15) is 0 Å². The Morgan fingerprint density at radius 3 is 2.17 bits per heavy atom. The lowest BCUT2D eigenvalue weighted by atomic mass is 10.0. The number of hydrogen-bond donors (Lipinski definition) is 3. The van der Waals surface area contributed by atoms with Crippen molar-refractivity contribution in [2.24, 2.45) is 5.92 Å². The van der Waals surface area contributed by atoms with E-state index in [1.54, 1.807) is 21.1 Å². The first-order chi connectivity index (χ1) is 10.9. The summed E-state index contributed by atoms with van der Waals surface area (Å²) in [6.45, 7) is 6.10. The van der Waals surface area contributed by atoms with Gasteiger partial charge in [0.05, 0.1) is 12.6 Å². The molecule has 23 heavy (non-hydrogen) atoms. The van der Waals surface area contributed by atoms with Crippen molar-refractivity contribution in [3.63, 3.8) is 0 Å². The Morgan fingerprint density at radius 1 is 1.09 bits per heavy atom. The highest BCUT2D eigenvalue weighted by atomic mass is 16.5. The van der Waals surface area contributed by atoms with E-state index >= 15 is 0 Å². The van der Waals surface area contributed by atoms with Crippen LogP contribution in [0.1, 0.15) is 26.3 Å². The fraction of sp³-hybridized carbons (Fsp3) is 0.529. The highest BCUT2D eigenvalue weighted by Crippen LogP contribution is 2.10. The topological polar surface area (TPSA) is 79.5 Å². The van der Waals surface area contributed by atoms with Crippen LogP contribution in [0, 0.1) is 5.92 Å². The zero-order valence-corrected chi connectivity index (χ0v) is 14.5. The fourth-order valence-electron chi connectivity index (χ4n) is 2.24. The van der Waals surface area contributed by atoms with E-state index in [0.717, 1.165) is 5.56 Å². The van der Waals surface area contributed by atoms with E-state index in [9.17, 15) is 9.59 Å². The second-order valence-electron chi connectivity index (χ2n) is 5.86. The lowest BCUT2D eigenvalue weighted by Gasteiger charge is -2.22. The van der Waals surface area contributed by atoms with Crippen molar-refractivity contribution in [1.82, 2.24) is 10.6 Å². The number of hydrogen-bond acceptors (Lipinski definition) is 4. The number of amides is 2. The van der Waals surface area contributed by atoms with Crippen molar-refractivity contribution < 1.29 is 14.3 Å². The quantitative estimate of drug-likeness (QED) is 0.678. The lowest BCUT2D eigenvalue weighted by molar-refractivity contribution is -0.128. The third-order valence-electron chi connectivity index (χ3n) is 3.54. The summed E-state index contributed by atoms with van der Waals surface area (Å²) in [5, 5.41) is 8.48. The molecular weight excluding hydrogens is 294 g/mol. The first-order valence-corrected chi connectivity index (χ1v) is 7.75. The van der Waals surface area contributed by atoms with E-state index in [1.165, 1.54) is 0 Å². The molecule has 6 heteroatoms. The summed E-state index contributed by atoms with van der Waals surface area (Å²) in [5.41, 5.74) is 1.71. The first-order valence-electron chi connectivity index (χ1n) is 7.75. The van der Waals surface area contributed by atoms with E-state index in [-0.39, 0.29) is 23.8 Å². The highest BCUT2D eigenvalue weighted by Gasteiger charge is 2.23. The molecule has 0 spiro atoms. The molecule has 0 aliphatic heterocycles. The van der Waals surface area contributed by atoms with Crippen LogP contribution in [-0.2, 0) is 20.9 Å². The molecule has 0 radical (unpaired) electrons. The summed E-state index contributed by atoms with van der Waals surface area (Å²) < 4.78 is 5.04. The van der Waals surface area contributed by atoms with Gasteiger partial charge in [-0.25, -0.2) is 0 Å². The summed E-state index contributed by atoms with van der Waals surface area (Å²) in [5.74, 6) is -0.291. The number of benzene rings is 1. The van der Waals surface area contributed by atoms with Gasteiger partial charge >= 0.3 is 0 Å². The molecule has 1 aromatic carbocycles. The van der Waals surface area contributed by atoms with E-state index in [2.05, 4.69) is 16.0 Å². The van der Waals surface area contributed by atoms with Crippen LogP contribution in [0.25, 0.3) is 0 Å². The van der Waals surface area contributed by atoms with Crippen LogP contribution in [0.15, 0.2) is 24.3 Å². The summed E-state index contributed by atoms with van der Waals surface area (Å²) >= 11 is 0. The van der Waals surface area contributed by atoms with Gasteiger partial charge in [-0.1, -0.05) is 26.0 Å². The molecule has 0 aliphatic rings. The van der Waals surface area contributed by atoms with Crippen molar-refractivity contribution >= 4 is 17.5 Å². The third kappa shape index (κ3) is 6.00. The number of methoxy groups -OCH3 is 1. The number of carbonyl (C=O) groups is 2. The number of likely N-dealkylation sites (N-methyl/N-ethyl adjacent to an activating group) is 1. The molecule has 0 saturated heterocycles. The van der Waals surface area contributed by atoms with Crippen molar-refractivity contribution in [3.05, 3.63) is 29.8 Å².